The number of aldehydes is 1. The Kier molecular flexibility index (Phi) is 6.05. The van der Waals surface area contributed by atoms with Gasteiger partial charge in [0, 0.05) is 37.8 Å². The molecule has 2 heterocycles. The average molecular weight is 317 g/mol. The average Bonchev–Trinajstić information content (AvgIpc) is 3.09. The van der Waals surface area contributed by atoms with E-state index in [4.69, 9.17) is 0 Å². The van der Waals surface area contributed by atoms with E-state index in [0.717, 1.165) is 25.8 Å². The lowest BCUT2D eigenvalue weighted by Crippen LogP contribution is -2.15. The van der Waals surface area contributed by atoms with Crippen LogP contribution in [0.4, 0.5) is 10.1 Å². The number of pyridine rings is 1. The quantitative estimate of drug-likeness (QED) is 0.848. The third kappa shape index (κ3) is 4.50. The standard InChI is InChI=1S/C12H11FN2O.C5H9NO/c1-14-11-6-5-9(8-10(11)13)15-7-3-2-4-12(15)16;7-4-5-1-2-6-3-5/h2-8,14H,1H3;4-6H,1-3H2. The van der Waals surface area contributed by atoms with Gasteiger partial charge in [0.15, 0.2) is 0 Å². The van der Waals surface area contributed by atoms with Crippen LogP contribution in [0, 0.1) is 11.7 Å². The van der Waals surface area contributed by atoms with Gasteiger partial charge in [0.25, 0.3) is 5.56 Å². The monoisotopic (exact) mass is 317 g/mol. The van der Waals surface area contributed by atoms with E-state index in [-0.39, 0.29) is 11.4 Å². The Morgan fingerprint density at radius 3 is 2.70 bits per heavy atom. The van der Waals surface area contributed by atoms with Crippen molar-refractivity contribution in [1.29, 1.82) is 0 Å². The van der Waals surface area contributed by atoms with Crippen molar-refractivity contribution in [1.82, 2.24) is 9.88 Å². The molecule has 1 fully saturated rings. The van der Waals surface area contributed by atoms with Crippen molar-refractivity contribution in [3.05, 3.63) is 58.8 Å². The molecule has 1 aromatic heterocycles. The Hall–Kier alpha value is -2.47. The molecule has 0 bridgehead atoms. The molecule has 1 aliphatic rings. The number of rotatable bonds is 3. The zero-order chi connectivity index (χ0) is 16.7. The summed E-state index contributed by atoms with van der Waals surface area (Å²) < 4.78 is 14.9. The van der Waals surface area contributed by atoms with Gasteiger partial charge in [0.1, 0.15) is 12.1 Å². The summed E-state index contributed by atoms with van der Waals surface area (Å²) in [6.07, 6.45) is 3.67. The zero-order valence-corrected chi connectivity index (χ0v) is 13.0. The first-order valence-corrected chi connectivity index (χ1v) is 7.47. The summed E-state index contributed by atoms with van der Waals surface area (Å²) in [5.74, 6) is -0.0734. The number of aromatic nitrogens is 1. The van der Waals surface area contributed by atoms with Crippen molar-refractivity contribution in [3.63, 3.8) is 0 Å². The van der Waals surface area contributed by atoms with Gasteiger partial charge in [-0.25, -0.2) is 4.39 Å². The van der Waals surface area contributed by atoms with Crippen LogP contribution in [0.25, 0.3) is 5.69 Å². The molecule has 6 heteroatoms. The third-order valence-corrected chi connectivity index (χ3v) is 3.61. The summed E-state index contributed by atoms with van der Waals surface area (Å²) in [6.45, 7) is 1.91. The van der Waals surface area contributed by atoms with Crippen LogP contribution in [0.5, 0.6) is 0 Å². The van der Waals surface area contributed by atoms with E-state index < -0.39 is 0 Å². The summed E-state index contributed by atoms with van der Waals surface area (Å²) in [5, 5.41) is 5.82. The minimum Gasteiger partial charge on any atom is -0.386 e. The van der Waals surface area contributed by atoms with Crippen LogP contribution in [0.2, 0.25) is 0 Å². The molecule has 1 saturated heterocycles. The number of carbonyl (C=O) groups excluding carboxylic acids is 1. The van der Waals surface area contributed by atoms with Crippen LogP contribution in [-0.2, 0) is 4.79 Å². The highest BCUT2D eigenvalue weighted by Crippen LogP contribution is 2.16. The highest BCUT2D eigenvalue weighted by Gasteiger charge is 2.11. The van der Waals surface area contributed by atoms with Crippen LogP contribution < -0.4 is 16.2 Å². The van der Waals surface area contributed by atoms with Crippen LogP contribution in [0.1, 0.15) is 6.42 Å². The fourth-order valence-corrected chi connectivity index (χ4v) is 2.29. The van der Waals surface area contributed by atoms with Crippen molar-refractivity contribution >= 4 is 12.0 Å². The lowest BCUT2D eigenvalue weighted by Gasteiger charge is -2.07. The first kappa shape index (κ1) is 16.9. The lowest BCUT2D eigenvalue weighted by molar-refractivity contribution is -0.110. The molecule has 122 valence electrons. The predicted octanol–water partition coefficient (Wildman–Crippen LogP) is 1.81. The Morgan fingerprint density at radius 1 is 1.35 bits per heavy atom. The topological polar surface area (TPSA) is 63.1 Å². The largest absolute Gasteiger partial charge is 0.386 e. The summed E-state index contributed by atoms with van der Waals surface area (Å²) in [7, 11) is 1.65. The Morgan fingerprint density at radius 2 is 2.17 bits per heavy atom. The van der Waals surface area contributed by atoms with Gasteiger partial charge in [0.05, 0.1) is 11.4 Å². The molecule has 1 unspecified atom stereocenters. The van der Waals surface area contributed by atoms with Crippen LogP contribution in [0.3, 0.4) is 0 Å². The maximum absolute atomic E-state index is 13.5. The second-order valence-electron chi connectivity index (χ2n) is 5.21. The fraction of sp³-hybridized carbons (Fsp3) is 0.294. The highest BCUT2D eigenvalue weighted by molar-refractivity contribution is 5.54. The van der Waals surface area contributed by atoms with Gasteiger partial charge < -0.3 is 15.4 Å². The molecular weight excluding hydrogens is 297 g/mol. The molecule has 0 aliphatic carbocycles. The first-order chi connectivity index (χ1) is 11.2. The number of anilines is 1. The maximum atomic E-state index is 13.5. The van der Waals surface area contributed by atoms with Gasteiger partial charge in [-0.15, -0.1) is 0 Å². The van der Waals surface area contributed by atoms with Gasteiger partial charge in [-0.2, -0.15) is 0 Å². The van der Waals surface area contributed by atoms with Gasteiger partial charge in [-0.05, 0) is 31.2 Å². The van der Waals surface area contributed by atoms with Crippen LogP contribution in [-0.4, -0.2) is 31.0 Å². The number of hydrogen-bond acceptors (Lipinski definition) is 4. The second kappa shape index (κ2) is 8.24. The second-order valence-corrected chi connectivity index (χ2v) is 5.21. The van der Waals surface area contributed by atoms with Crippen molar-refractivity contribution in [2.24, 2.45) is 5.92 Å². The number of halogens is 1. The van der Waals surface area contributed by atoms with E-state index in [9.17, 15) is 14.0 Å². The molecule has 0 radical (unpaired) electrons. The third-order valence-electron chi connectivity index (χ3n) is 3.61. The molecule has 1 atom stereocenters. The van der Waals surface area contributed by atoms with E-state index in [1.807, 2.05) is 0 Å². The highest BCUT2D eigenvalue weighted by atomic mass is 19.1. The van der Waals surface area contributed by atoms with Gasteiger partial charge in [-0.3, -0.25) is 9.36 Å². The van der Waals surface area contributed by atoms with Crippen molar-refractivity contribution in [2.75, 3.05) is 25.5 Å². The van der Waals surface area contributed by atoms with E-state index >= 15 is 0 Å². The number of carbonyl (C=O) groups is 1. The molecule has 3 rings (SSSR count). The number of benzene rings is 1. The van der Waals surface area contributed by atoms with Crippen LogP contribution in [0.15, 0.2) is 47.4 Å². The minimum absolute atomic E-state index is 0.181. The summed E-state index contributed by atoms with van der Waals surface area (Å²) in [6, 6.07) is 9.43. The number of hydrogen-bond donors (Lipinski definition) is 2. The molecule has 1 aromatic carbocycles. The molecule has 0 saturated carbocycles. The number of nitrogens with zero attached hydrogens (tertiary/aromatic N) is 1. The molecule has 0 amide bonds. The summed E-state index contributed by atoms with van der Waals surface area (Å²) in [4.78, 5) is 21.5. The fourth-order valence-electron chi connectivity index (χ4n) is 2.29. The molecule has 5 nitrogen and oxygen atoms in total. The smallest absolute Gasteiger partial charge is 0.255 e. The van der Waals surface area contributed by atoms with Crippen molar-refractivity contribution < 1.29 is 9.18 Å². The van der Waals surface area contributed by atoms with E-state index in [0.29, 0.717) is 17.3 Å². The van der Waals surface area contributed by atoms with Crippen molar-refractivity contribution in [2.45, 2.75) is 6.42 Å². The molecular formula is C17H20FN3O2. The Labute approximate surface area is 134 Å². The zero-order valence-electron chi connectivity index (χ0n) is 13.0. The molecule has 2 aromatic rings. The Balaban J connectivity index is 0.000000229. The predicted molar refractivity (Wildman–Crippen MR) is 88.6 cm³/mol. The molecule has 1 aliphatic heterocycles. The van der Waals surface area contributed by atoms with Gasteiger partial charge in [-0.1, -0.05) is 6.07 Å². The van der Waals surface area contributed by atoms with Crippen LogP contribution >= 0.6 is 0 Å². The van der Waals surface area contributed by atoms with E-state index in [2.05, 4.69) is 10.6 Å². The minimum atomic E-state index is -0.379. The van der Waals surface area contributed by atoms with Gasteiger partial charge in [0.2, 0.25) is 0 Å². The maximum Gasteiger partial charge on any atom is 0.255 e. The Bertz CT molecular complexity index is 709. The van der Waals surface area contributed by atoms with Gasteiger partial charge >= 0.3 is 0 Å². The first-order valence-electron chi connectivity index (χ1n) is 7.47. The normalized spacial score (nSPS) is 16.3. The van der Waals surface area contributed by atoms with Crippen molar-refractivity contribution in [3.8, 4) is 5.69 Å². The summed E-state index contributed by atoms with van der Waals surface area (Å²) >= 11 is 0. The molecule has 0 spiro atoms. The number of nitrogens with one attached hydrogen (secondary N) is 2. The lowest BCUT2D eigenvalue weighted by atomic mass is 10.2. The van der Waals surface area contributed by atoms with E-state index in [1.165, 1.54) is 16.7 Å². The molecule has 23 heavy (non-hydrogen) atoms. The SMILES string of the molecule is CNc1ccc(-n2ccccc2=O)cc1F.O=CC1CCNC1. The van der Waals surface area contributed by atoms with E-state index in [1.54, 1.807) is 37.5 Å². The summed E-state index contributed by atoms with van der Waals surface area (Å²) in [5.41, 5.74) is 0.744. The molecule has 2 N–H and O–H groups in total.